The Balaban J connectivity index is 1.89. The zero-order valence-electron chi connectivity index (χ0n) is 14.6. The van der Waals surface area contributed by atoms with Gasteiger partial charge in [-0.3, -0.25) is 4.79 Å². The predicted octanol–water partition coefficient (Wildman–Crippen LogP) is 5.10. The van der Waals surface area contributed by atoms with E-state index in [9.17, 15) is 4.79 Å². The van der Waals surface area contributed by atoms with E-state index < -0.39 is 5.97 Å². The van der Waals surface area contributed by atoms with Gasteiger partial charge in [-0.2, -0.15) is 0 Å². The molecular weight excluding hydrogens is 288 g/mol. The Kier molecular flexibility index (Phi) is 11.3. The fourth-order valence-electron chi connectivity index (χ4n) is 2.61. The third-order valence-electron chi connectivity index (χ3n) is 4.11. The van der Waals surface area contributed by atoms with Gasteiger partial charge in [-0.1, -0.05) is 69.8 Å². The summed E-state index contributed by atoms with van der Waals surface area (Å²) in [5, 5.41) is 8.56. The topological polar surface area (TPSA) is 49.8 Å². The quantitative estimate of drug-likeness (QED) is 0.292. The average Bonchev–Trinajstić information content (AvgIpc) is 3.26. The van der Waals surface area contributed by atoms with Gasteiger partial charge >= 0.3 is 5.97 Å². The van der Waals surface area contributed by atoms with Crippen LogP contribution in [-0.2, 0) is 9.53 Å². The minimum Gasteiger partial charge on any atom is -0.481 e. The fraction of sp³-hybridized carbons (Fsp3) is 0.750. The molecule has 1 heterocycles. The van der Waals surface area contributed by atoms with Crippen LogP contribution in [0, 0.1) is 11.8 Å². The predicted molar refractivity (Wildman–Crippen MR) is 94.3 cm³/mol. The minimum atomic E-state index is -0.739. The van der Waals surface area contributed by atoms with Gasteiger partial charge in [0.1, 0.15) is 6.10 Å². The molecule has 130 valence electrons. The van der Waals surface area contributed by atoms with Gasteiger partial charge in [0.05, 0.1) is 6.10 Å². The Labute approximate surface area is 141 Å². The number of epoxide rings is 1. The first-order valence-electron chi connectivity index (χ1n) is 9.27. The number of rotatable bonds is 13. The van der Waals surface area contributed by atoms with E-state index >= 15 is 0 Å². The number of carbonyl (C=O) groups is 1. The first-order valence-corrected chi connectivity index (χ1v) is 9.27. The van der Waals surface area contributed by atoms with E-state index in [0.29, 0.717) is 6.42 Å². The van der Waals surface area contributed by atoms with Crippen LogP contribution in [0.4, 0.5) is 0 Å². The minimum absolute atomic E-state index is 0.0246. The van der Waals surface area contributed by atoms with Gasteiger partial charge in [0, 0.05) is 6.42 Å². The number of carboxylic acid groups (broad SMARTS) is 1. The highest BCUT2D eigenvalue weighted by atomic mass is 16.6. The fourth-order valence-corrected chi connectivity index (χ4v) is 2.61. The molecule has 0 amide bonds. The maximum atomic E-state index is 10.4. The SMILES string of the molecule is CCCCCCCCCC/C=C/C#C[C@H]1O[C@@H]1CCCC(=O)O. The number of carboxylic acids is 1. The molecule has 1 aliphatic rings. The molecule has 23 heavy (non-hydrogen) atoms. The van der Waals surface area contributed by atoms with E-state index in [-0.39, 0.29) is 18.6 Å². The van der Waals surface area contributed by atoms with Crippen LogP contribution in [0.3, 0.4) is 0 Å². The van der Waals surface area contributed by atoms with Crippen molar-refractivity contribution in [1.29, 1.82) is 0 Å². The lowest BCUT2D eigenvalue weighted by Gasteiger charge is -1.99. The van der Waals surface area contributed by atoms with Gasteiger partial charge in [-0.05, 0) is 31.8 Å². The van der Waals surface area contributed by atoms with Gasteiger partial charge in [-0.25, -0.2) is 0 Å². The van der Waals surface area contributed by atoms with Crippen molar-refractivity contribution in [3.05, 3.63) is 12.2 Å². The standard InChI is InChI=1S/C20H32O3/c1-2-3-4-5-6-7-8-9-10-11-12-13-15-18-19(23-18)16-14-17-20(21)22/h11-12,18-19H,2-10,14,16-17H2,1H3,(H,21,22)/b12-11+/t18-,19-/m1/s1. The smallest absolute Gasteiger partial charge is 0.303 e. The normalized spacial score (nSPS) is 19.5. The van der Waals surface area contributed by atoms with Crippen LogP contribution in [-0.4, -0.2) is 23.3 Å². The lowest BCUT2D eigenvalue weighted by atomic mass is 10.1. The molecule has 0 unspecified atom stereocenters. The number of allylic oxidation sites excluding steroid dienone is 2. The van der Waals surface area contributed by atoms with Crippen LogP contribution in [0.1, 0.15) is 84.0 Å². The second-order valence-corrected chi connectivity index (χ2v) is 6.34. The second kappa shape index (κ2) is 13.2. The van der Waals surface area contributed by atoms with Gasteiger partial charge in [0.15, 0.2) is 0 Å². The van der Waals surface area contributed by atoms with Crippen LogP contribution in [0.15, 0.2) is 12.2 Å². The van der Waals surface area contributed by atoms with Crippen LogP contribution in [0.5, 0.6) is 0 Å². The van der Waals surface area contributed by atoms with Crippen LogP contribution in [0.2, 0.25) is 0 Å². The summed E-state index contributed by atoms with van der Waals surface area (Å²) in [5.41, 5.74) is 0. The second-order valence-electron chi connectivity index (χ2n) is 6.34. The summed E-state index contributed by atoms with van der Waals surface area (Å²) < 4.78 is 5.40. The van der Waals surface area contributed by atoms with Crippen molar-refractivity contribution >= 4 is 5.97 Å². The summed E-state index contributed by atoms with van der Waals surface area (Å²) in [6.07, 6.45) is 17.9. The molecule has 0 aromatic rings. The highest BCUT2D eigenvalue weighted by Crippen LogP contribution is 2.26. The number of ether oxygens (including phenoxy) is 1. The lowest BCUT2D eigenvalue weighted by Crippen LogP contribution is -1.97. The van der Waals surface area contributed by atoms with E-state index in [1.165, 1.54) is 51.4 Å². The van der Waals surface area contributed by atoms with Crippen LogP contribution < -0.4 is 0 Å². The Morgan fingerprint density at radius 1 is 1.09 bits per heavy atom. The molecule has 3 nitrogen and oxygen atoms in total. The lowest BCUT2D eigenvalue weighted by molar-refractivity contribution is -0.137. The Morgan fingerprint density at radius 3 is 2.48 bits per heavy atom. The van der Waals surface area contributed by atoms with Gasteiger partial charge < -0.3 is 9.84 Å². The zero-order chi connectivity index (χ0) is 16.8. The summed E-state index contributed by atoms with van der Waals surface area (Å²) in [6, 6.07) is 0. The third-order valence-corrected chi connectivity index (χ3v) is 4.11. The Morgan fingerprint density at radius 2 is 1.78 bits per heavy atom. The summed E-state index contributed by atoms with van der Waals surface area (Å²) >= 11 is 0. The monoisotopic (exact) mass is 320 g/mol. The van der Waals surface area contributed by atoms with E-state index in [2.05, 4.69) is 24.8 Å². The van der Waals surface area contributed by atoms with Crippen molar-refractivity contribution in [3.8, 4) is 11.8 Å². The van der Waals surface area contributed by atoms with Crippen molar-refractivity contribution in [1.82, 2.24) is 0 Å². The highest BCUT2D eigenvalue weighted by Gasteiger charge is 2.36. The molecule has 0 aromatic carbocycles. The first-order chi connectivity index (χ1) is 11.2. The van der Waals surface area contributed by atoms with Crippen molar-refractivity contribution in [2.75, 3.05) is 0 Å². The number of hydrogen-bond donors (Lipinski definition) is 1. The van der Waals surface area contributed by atoms with E-state index in [4.69, 9.17) is 9.84 Å². The van der Waals surface area contributed by atoms with E-state index in [1.54, 1.807) is 0 Å². The summed E-state index contributed by atoms with van der Waals surface area (Å²) in [6.45, 7) is 2.25. The molecule has 1 aliphatic heterocycles. The Hall–Kier alpha value is -1.27. The largest absolute Gasteiger partial charge is 0.481 e. The maximum absolute atomic E-state index is 10.4. The molecule has 0 radical (unpaired) electrons. The summed E-state index contributed by atoms with van der Waals surface area (Å²) in [5.74, 6) is 5.36. The first kappa shape index (κ1) is 19.8. The van der Waals surface area contributed by atoms with Gasteiger partial charge in [-0.15, -0.1) is 0 Å². The van der Waals surface area contributed by atoms with E-state index in [1.807, 2.05) is 6.08 Å². The van der Waals surface area contributed by atoms with E-state index in [0.717, 1.165) is 12.8 Å². The number of aliphatic carboxylic acids is 1. The molecule has 0 saturated carbocycles. The van der Waals surface area contributed by atoms with Crippen molar-refractivity contribution in [2.45, 2.75) is 96.2 Å². The van der Waals surface area contributed by atoms with Crippen molar-refractivity contribution in [2.24, 2.45) is 0 Å². The highest BCUT2D eigenvalue weighted by molar-refractivity contribution is 5.66. The molecule has 1 saturated heterocycles. The molecule has 2 atom stereocenters. The van der Waals surface area contributed by atoms with Crippen LogP contribution in [0.25, 0.3) is 0 Å². The molecule has 0 bridgehead atoms. The molecule has 1 rings (SSSR count). The van der Waals surface area contributed by atoms with Gasteiger partial charge in [0.2, 0.25) is 0 Å². The third kappa shape index (κ3) is 11.9. The average molecular weight is 320 g/mol. The maximum Gasteiger partial charge on any atom is 0.303 e. The zero-order valence-corrected chi connectivity index (χ0v) is 14.6. The van der Waals surface area contributed by atoms with Gasteiger partial charge in [0.25, 0.3) is 0 Å². The van der Waals surface area contributed by atoms with Crippen molar-refractivity contribution < 1.29 is 14.6 Å². The molecule has 0 aliphatic carbocycles. The molecular formula is C20H32O3. The number of unbranched alkanes of at least 4 members (excludes halogenated alkanes) is 8. The molecule has 1 fully saturated rings. The molecule has 1 N–H and O–H groups in total. The summed E-state index contributed by atoms with van der Waals surface area (Å²) in [4.78, 5) is 10.4. The molecule has 0 aromatic heterocycles. The van der Waals surface area contributed by atoms with Crippen molar-refractivity contribution in [3.63, 3.8) is 0 Å². The summed E-state index contributed by atoms with van der Waals surface area (Å²) in [7, 11) is 0. The Bertz CT molecular complexity index is 403. The molecule has 3 heteroatoms. The number of hydrogen-bond acceptors (Lipinski definition) is 2. The molecule has 0 spiro atoms. The van der Waals surface area contributed by atoms with Crippen LogP contribution >= 0.6 is 0 Å².